The van der Waals surface area contributed by atoms with E-state index in [2.05, 4.69) is 10.0 Å². The molecular weight excluding hydrogens is 613 g/mol. The van der Waals surface area contributed by atoms with Crippen LogP contribution in [0.25, 0.3) is 0 Å². The van der Waals surface area contributed by atoms with Gasteiger partial charge in [0.15, 0.2) is 11.6 Å². The first-order valence-electron chi connectivity index (χ1n) is 9.80. The van der Waals surface area contributed by atoms with Gasteiger partial charge in [-0.25, -0.2) is 17.2 Å². The molecule has 0 spiro atoms. The summed E-state index contributed by atoms with van der Waals surface area (Å²) in [7, 11) is -7.70. The Kier molecular flexibility index (Phi) is 8.11. The van der Waals surface area contributed by atoms with Gasteiger partial charge in [0.2, 0.25) is 10.0 Å². The maximum absolute atomic E-state index is 14.6. The quantitative estimate of drug-likeness (QED) is 0.449. The van der Waals surface area contributed by atoms with E-state index in [-0.39, 0.29) is 42.6 Å². The van der Waals surface area contributed by atoms with Gasteiger partial charge in [0.1, 0.15) is 5.69 Å². The molecule has 1 saturated heterocycles. The molecule has 0 bridgehead atoms. The third kappa shape index (κ3) is 5.88. The van der Waals surface area contributed by atoms with Gasteiger partial charge in [0.25, 0.3) is 0 Å². The topological polar surface area (TPSA) is 98.8 Å². The van der Waals surface area contributed by atoms with Crippen LogP contribution in [0.2, 0.25) is 5.02 Å². The number of nitrogens with one attached hydrogen (secondary N) is 2. The van der Waals surface area contributed by atoms with Gasteiger partial charge < -0.3 is 5.32 Å². The Hall–Kier alpha value is -1.26. The Labute approximate surface area is 210 Å². The molecular formula is C19H22ClF2IN4O4S2. The van der Waals surface area contributed by atoms with E-state index in [0.717, 1.165) is 20.0 Å². The van der Waals surface area contributed by atoms with Gasteiger partial charge in [-0.2, -0.15) is 17.0 Å². The lowest BCUT2D eigenvalue weighted by Crippen LogP contribution is -2.53. The third-order valence-corrected chi connectivity index (χ3v) is 9.80. The second kappa shape index (κ2) is 10.2. The second-order valence-electron chi connectivity index (χ2n) is 7.53. The summed E-state index contributed by atoms with van der Waals surface area (Å²) in [5, 5.41) is 2.27. The average Bonchev–Trinajstić information content (AvgIpc) is 2.74. The molecule has 8 nitrogen and oxygen atoms in total. The van der Waals surface area contributed by atoms with Gasteiger partial charge in [0, 0.05) is 29.7 Å². The van der Waals surface area contributed by atoms with E-state index in [1.165, 1.54) is 4.31 Å². The van der Waals surface area contributed by atoms with Gasteiger partial charge in [0.05, 0.1) is 21.6 Å². The van der Waals surface area contributed by atoms with Crippen LogP contribution in [-0.4, -0.2) is 56.9 Å². The summed E-state index contributed by atoms with van der Waals surface area (Å²) in [5.74, 6) is -2.45. The van der Waals surface area contributed by atoms with Gasteiger partial charge in [-0.15, -0.1) is 0 Å². The van der Waals surface area contributed by atoms with Crippen LogP contribution in [0.3, 0.4) is 0 Å². The van der Waals surface area contributed by atoms with Crippen molar-refractivity contribution in [2.75, 3.05) is 36.2 Å². The Morgan fingerprint density at radius 1 is 0.970 bits per heavy atom. The maximum atomic E-state index is 14.6. The van der Waals surface area contributed by atoms with Crippen molar-refractivity contribution in [2.24, 2.45) is 0 Å². The second-order valence-corrected chi connectivity index (χ2v) is 13.3. The van der Waals surface area contributed by atoms with Crippen molar-refractivity contribution in [2.45, 2.75) is 19.1 Å². The number of halogens is 4. The van der Waals surface area contributed by atoms with E-state index in [4.69, 9.17) is 11.6 Å². The fraction of sp³-hybridized carbons (Fsp3) is 0.368. The lowest BCUT2D eigenvalue weighted by Gasteiger charge is -2.34. The first-order valence-corrected chi connectivity index (χ1v) is 14.2. The number of rotatable bonds is 7. The minimum absolute atomic E-state index is 0.0113. The summed E-state index contributed by atoms with van der Waals surface area (Å²) in [5.41, 5.74) is -0.391. The van der Waals surface area contributed by atoms with Crippen molar-refractivity contribution in [3.63, 3.8) is 0 Å². The van der Waals surface area contributed by atoms with Gasteiger partial charge in [-0.1, -0.05) is 11.6 Å². The zero-order chi connectivity index (χ0) is 24.6. The van der Waals surface area contributed by atoms with E-state index in [9.17, 15) is 25.6 Å². The van der Waals surface area contributed by atoms with Crippen molar-refractivity contribution >= 4 is 71.5 Å². The van der Waals surface area contributed by atoms with E-state index in [0.29, 0.717) is 0 Å². The van der Waals surface area contributed by atoms with E-state index in [1.54, 1.807) is 32.0 Å². The van der Waals surface area contributed by atoms with Crippen molar-refractivity contribution in [3.8, 4) is 0 Å². The molecule has 1 aliphatic rings. The van der Waals surface area contributed by atoms with Crippen LogP contribution >= 0.6 is 34.2 Å². The fourth-order valence-electron chi connectivity index (χ4n) is 3.15. The summed E-state index contributed by atoms with van der Waals surface area (Å²) in [6.45, 7) is 2.91. The lowest BCUT2D eigenvalue weighted by molar-refractivity contribution is 0.272. The Morgan fingerprint density at radius 2 is 1.55 bits per heavy atom. The highest BCUT2D eigenvalue weighted by atomic mass is 127. The van der Waals surface area contributed by atoms with Crippen LogP contribution in [0.15, 0.2) is 30.3 Å². The predicted molar refractivity (Wildman–Crippen MR) is 134 cm³/mol. The molecule has 2 aromatic carbocycles. The third-order valence-electron chi connectivity index (χ3n) is 5.02. The number of piperazine rings is 1. The number of hydrogen-bond donors (Lipinski definition) is 2. The highest BCUT2D eigenvalue weighted by Gasteiger charge is 2.34. The van der Waals surface area contributed by atoms with Crippen LogP contribution in [0.5, 0.6) is 0 Å². The molecule has 3 rings (SSSR count). The summed E-state index contributed by atoms with van der Waals surface area (Å²) < 4.78 is 84.5. The molecule has 1 fully saturated rings. The van der Waals surface area contributed by atoms with Crippen molar-refractivity contribution < 1.29 is 25.6 Å². The molecule has 0 amide bonds. The molecule has 0 aromatic heterocycles. The summed E-state index contributed by atoms with van der Waals surface area (Å²) >= 11 is 8.21. The standard InChI is InChI=1S/C19H22ClF2IN4O4S2/c1-12(2)32(28,29)26-7-9-27(10-8-26)33(30,31)25-17-6-4-15(21)18(22)19(17)24-16-5-3-13(23)11-14(16)20/h3-6,11-12,24-25H,7-10H2,1-2H3. The molecule has 2 N–H and O–H groups in total. The summed E-state index contributed by atoms with van der Waals surface area (Å²) in [4.78, 5) is 0. The molecule has 1 aliphatic heterocycles. The SMILES string of the molecule is CC(C)S(=O)(=O)N1CCN(S(=O)(=O)Nc2ccc(F)c(F)c2Nc2ccc(I)cc2Cl)CC1. The molecule has 0 unspecified atom stereocenters. The van der Waals surface area contributed by atoms with Crippen LogP contribution in [0, 0.1) is 15.2 Å². The first-order chi connectivity index (χ1) is 15.3. The van der Waals surface area contributed by atoms with E-state index in [1.807, 2.05) is 22.6 Å². The zero-order valence-corrected chi connectivity index (χ0v) is 22.2. The van der Waals surface area contributed by atoms with Crippen LogP contribution < -0.4 is 10.0 Å². The largest absolute Gasteiger partial charge is 0.350 e. The van der Waals surface area contributed by atoms with E-state index < -0.39 is 42.8 Å². The Balaban J connectivity index is 1.84. The Morgan fingerprint density at radius 3 is 2.12 bits per heavy atom. The summed E-state index contributed by atoms with van der Waals surface area (Å²) in [6.07, 6.45) is 0. The molecule has 0 aliphatic carbocycles. The number of benzene rings is 2. The van der Waals surface area contributed by atoms with Gasteiger partial charge >= 0.3 is 10.2 Å². The first kappa shape index (κ1) is 26.3. The number of hydrogen-bond acceptors (Lipinski definition) is 5. The van der Waals surface area contributed by atoms with Crippen LogP contribution in [-0.2, 0) is 20.2 Å². The number of nitrogens with zero attached hydrogens (tertiary/aromatic N) is 2. The highest BCUT2D eigenvalue weighted by molar-refractivity contribution is 14.1. The fourth-order valence-corrected chi connectivity index (χ4v) is 6.54. The van der Waals surface area contributed by atoms with E-state index >= 15 is 0 Å². The molecule has 182 valence electrons. The molecule has 14 heteroatoms. The normalized spacial score (nSPS) is 16.2. The molecule has 0 atom stereocenters. The monoisotopic (exact) mass is 634 g/mol. The molecule has 0 radical (unpaired) electrons. The van der Waals surface area contributed by atoms with Crippen LogP contribution in [0.1, 0.15) is 13.8 Å². The molecule has 0 saturated carbocycles. The van der Waals surface area contributed by atoms with Crippen molar-refractivity contribution in [3.05, 3.63) is 50.6 Å². The maximum Gasteiger partial charge on any atom is 0.301 e. The molecule has 2 aromatic rings. The van der Waals surface area contributed by atoms with Gasteiger partial charge in [-0.3, -0.25) is 4.72 Å². The minimum Gasteiger partial charge on any atom is -0.350 e. The van der Waals surface area contributed by atoms with Crippen LogP contribution in [0.4, 0.5) is 25.8 Å². The highest BCUT2D eigenvalue weighted by Crippen LogP contribution is 2.34. The molecule has 1 heterocycles. The predicted octanol–water partition coefficient (Wildman–Crippen LogP) is 3.98. The zero-order valence-electron chi connectivity index (χ0n) is 17.6. The minimum atomic E-state index is -4.19. The lowest BCUT2D eigenvalue weighted by atomic mass is 10.2. The average molecular weight is 635 g/mol. The number of anilines is 3. The summed E-state index contributed by atoms with van der Waals surface area (Å²) in [6, 6.07) is 6.76. The molecule has 33 heavy (non-hydrogen) atoms. The smallest absolute Gasteiger partial charge is 0.301 e. The number of sulfonamides is 1. The Bertz CT molecular complexity index is 1250. The van der Waals surface area contributed by atoms with Gasteiger partial charge in [-0.05, 0) is 66.8 Å². The van der Waals surface area contributed by atoms with Crippen molar-refractivity contribution in [1.29, 1.82) is 0 Å². The van der Waals surface area contributed by atoms with Crippen molar-refractivity contribution in [1.82, 2.24) is 8.61 Å².